The molecule has 2 fully saturated rings. The molecule has 1 spiro atoms. The molecule has 3 heteroatoms. The average Bonchev–Trinajstić information content (AvgIpc) is 2.59. The molecule has 1 heterocycles. The molecule has 16 heavy (non-hydrogen) atoms. The van der Waals surface area contributed by atoms with Crippen molar-refractivity contribution in [2.75, 3.05) is 19.6 Å². The predicted octanol–water partition coefficient (Wildman–Crippen LogP) is 2.14. The monoisotopic (exact) mass is 223 g/mol. The van der Waals surface area contributed by atoms with E-state index in [9.17, 15) is 9.90 Å². The second kappa shape index (κ2) is 4.58. The number of rotatable bonds is 3. The molecule has 0 radical (unpaired) electrons. The predicted molar refractivity (Wildman–Crippen MR) is 63.3 cm³/mol. The second-order valence-electron chi connectivity index (χ2n) is 5.30. The van der Waals surface area contributed by atoms with Gasteiger partial charge in [-0.3, -0.25) is 9.69 Å². The molecular formula is C13H21NO2. The first-order chi connectivity index (χ1) is 7.68. The van der Waals surface area contributed by atoms with Gasteiger partial charge in [0.2, 0.25) is 0 Å². The van der Waals surface area contributed by atoms with E-state index in [4.69, 9.17) is 0 Å². The number of carboxylic acid groups (broad SMARTS) is 1. The molecule has 1 N–H and O–H groups in total. The Hall–Kier alpha value is -0.830. The summed E-state index contributed by atoms with van der Waals surface area (Å²) in [6.45, 7) is 6.23. The van der Waals surface area contributed by atoms with Crippen LogP contribution in [0.2, 0.25) is 0 Å². The Bertz CT molecular complexity index is 282. The van der Waals surface area contributed by atoms with Crippen LogP contribution in [-0.2, 0) is 4.79 Å². The summed E-state index contributed by atoms with van der Waals surface area (Å²) in [7, 11) is 0. The van der Waals surface area contributed by atoms with Crippen LogP contribution in [-0.4, -0.2) is 35.6 Å². The Labute approximate surface area is 97.1 Å². The third kappa shape index (κ3) is 2.01. The Balaban J connectivity index is 2.13. The number of nitrogens with zero attached hydrogens (tertiary/aromatic N) is 1. The maximum Gasteiger partial charge on any atom is 0.308 e. The first kappa shape index (κ1) is 11.6. The lowest BCUT2D eigenvalue weighted by Gasteiger charge is -2.36. The lowest BCUT2D eigenvalue weighted by atomic mass is 9.68. The summed E-state index contributed by atoms with van der Waals surface area (Å²) in [5.41, 5.74) is 0.0626. The number of likely N-dealkylation sites (tertiary alicyclic amines) is 1. The fourth-order valence-electron chi connectivity index (χ4n) is 3.50. The van der Waals surface area contributed by atoms with E-state index in [1.54, 1.807) is 0 Å². The van der Waals surface area contributed by atoms with E-state index in [0.29, 0.717) is 6.54 Å². The van der Waals surface area contributed by atoms with Crippen LogP contribution in [0.15, 0.2) is 12.7 Å². The fourth-order valence-corrected chi connectivity index (χ4v) is 3.50. The minimum absolute atomic E-state index is 0.0626. The highest BCUT2D eigenvalue weighted by Gasteiger charge is 2.49. The standard InChI is InChI=1S/C13H21NO2/c1-2-8-14-9-11(12(15)16)13(10-14)6-4-3-5-7-13/h2,11H,1,3-10H2,(H,15,16). The van der Waals surface area contributed by atoms with Gasteiger partial charge < -0.3 is 5.11 Å². The molecule has 1 atom stereocenters. The second-order valence-corrected chi connectivity index (χ2v) is 5.30. The normalized spacial score (nSPS) is 29.4. The van der Waals surface area contributed by atoms with Crippen molar-refractivity contribution in [3.63, 3.8) is 0 Å². The molecule has 0 aromatic heterocycles. The van der Waals surface area contributed by atoms with E-state index < -0.39 is 5.97 Å². The summed E-state index contributed by atoms with van der Waals surface area (Å²) in [6, 6.07) is 0. The zero-order valence-electron chi connectivity index (χ0n) is 9.82. The largest absolute Gasteiger partial charge is 0.481 e. The molecule has 0 aromatic carbocycles. The average molecular weight is 223 g/mol. The first-order valence-electron chi connectivity index (χ1n) is 6.24. The first-order valence-corrected chi connectivity index (χ1v) is 6.24. The molecule has 2 aliphatic rings. The van der Waals surface area contributed by atoms with E-state index in [1.807, 2.05) is 6.08 Å². The summed E-state index contributed by atoms with van der Waals surface area (Å²) in [6.07, 6.45) is 7.74. The minimum atomic E-state index is -0.603. The Morgan fingerprint density at radius 2 is 2.12 bits per heavy atom. The molecule has 2 rings (SSSR count). The number of carbonyl (C=O) groups is 1. The van der Waals surface area contributed by atoms with E-state index >= 15 is 0 Å². The Kier molecular flexibility index (Phi) is 3.33. The van der Waals surface area contributed by atoms with Crippen molar-refractivity contribution in [1.29, 1.82) is 0 Å². The summed E-state index contributed by atoms with van der Waals surface area (Å²) in [4.78, 5) is 13.6. The smallest absolute Gasteiger partial charge is 0.308 e. The van der Waals surface area contributed by atoms with Crippen LogP contribution in [0.1, 0.15) is 32.1 Å². The summed E-state index contributed by atoms with van der Waals surface area (Å²) >= 11 is 0. The van der Waals surface area contributed by atoms with Gasteiger partial charge in [-0.15, -0.1) is 6.58 Å². The molecular weight excluding hydrogens is 202 g/mol. The van der Waals surface area contributed by atoms with E-state index in [2.05, 4.69) is 11.5 Å². The van der Waals surface area contributed by atoms with Crippen LogP contribution >= 0.6 is 0 Å². The highest BCUT2D eigenvalue weighted by molar-refractivity contribution is 5.72. The molecule has 90 valence electrons. The Morgan fingerprint density at radius 3 is 2.69 bits per heavy atom. The molecule has 3 nitrogen and oxygen atoms in total. The van der Waals surface area contributed by atoms with Crippen LogP contribution in [0, 0.1) is 11.3 Å². The SMILES string of the molecule is C=CCN1CC(C(=O)O)C2(CCCCC2)C1. The van der Waals surface area contributed by atoms with E-state index in [-0.39, 0.29) is 11.3 Å². The van der Waals surface area contributed by atoms with Crippen LogP contribution in [0.25, 0.3) is 0 Å². The van der Waals surface area contributed by atoms with Crippen molar-refractivity contribution in [3.8, 4) is 0 Å². The lowest BCUT2D eigenvalue weighted by molar-refractivity contribution is -0.145. The van der Waals surface area contributed by atoms with Crippen molar-refractivity contribution in [2.24, 2.45) is 11.3 Å². The molecule has 0 bridgehead atoms. The summed E-state index contributed by atoms with van der Waals surface area (Å²) in [5.74, 6) is -0.763. The highest BCUT2D eigenvalue weighted by Crippen LogP contribution is 2.47. The highest BCUT2D eigenvalue weighted by atomic mass is 16.4. The van der Waals surface area contributed by atoms with E-state index in [0.717, 1.165) is 25.9 Å². The molecule has 0 amide bonds. The third-order valence-corrected chi connectivity index (χ3v) is 4.25. The number of carboxylic acids is 1. The van der Waals surface area contributed by atoms with Crippen molar-refractivity contribution >= 4 is 5.97 Å². The fraction of sp³-hybridized carbons (Fsp3) is 0.769. The quantitative estimate of drug-likeness (QED) is 0.745. The minimum Gasteiger partial charge on any atom is -0.481 e. The maximum absolute atomic E-state index is 11.4. The van der Waals surface area contributed by atoms with Crippen LogP contribution in [0.5, 0.6) is 0 Å². The number of aliphatic carboxylic acids is 1. The van der Waals surface area contributed by atoms with Gasteiger partial charge in [0.15, 0.2) is 0 Å². The topological polar surface area (TPSA) is 40.5 Å². The maximum atomic E-state index is 11.4. The zero-order chi connectivity index (χ0) is 11.6. The van der Waals surface area contributed by atoms with Crippen molar-refractivity contribution in [3.05, 3.63) is 12.7 Å². The van der Waals surface area contributed by atoms with Gasteiger partial charge in [0.1, 0.15) is 0 Å². The van der Waals surface area contributed by atoms with Gasteiger partial charge in [-0.25, -0.2) is 0 Å². The van der Waals surface area contributed by atoms with E-state index in [1.165, 1.54) is 19.3 Å². The van der Waals surface area contributed by atoms with Gasteiger partial charge in [0.25, 0.3) is 0 Å². The number of hydrogen-bond acceptors (Lipinski definition) is 2. The van der Waals surface area contributed by atoms with Crippen LogP contribution in [0.3, 0.4) is 0 Å². The van der Waals surface area contributed by atoms with Gasteiger partial charge in [-0.1, -0.05) is 25.3 Å². The van der Waals surface area contributed by atoms with Gasteiger partial charge in [0.05, 0.1) is 5.92 Å². The Morgan fingerprint density at radius 1 is 1.44 bits per heavy atom. The van der Waals surface area contributed by atoms with Gasteiger partial charge >= 0.3 is 5.97 Å². The number of hydrogen-bond donors (Lipinski definition) is 1. The molecule has 0 aromatic rings. The van der Waals surface area contributed by atoms with Gasteiger partial charge in [-0.05, 0) is 18.3 Å². The van der Waals surface area contributed by atoms with Crippen molar-refractivity contribution in [1.82, 2.24) is 4.90 Å². The zero-order valence-corrected chi connectivity index (χ0v) is 9.82. The molecule has 1 aliphatic heterocycles. The molecule has 1 saturated carbocycles. The van der Waals surface area contributed by atoms with Crippen molar-refractivity contribution in [2.45, 2.75) is 32.1 Å². The molecule has 1 unspecified atom stereocenters. The summed E-state index contributed by atoms with van der Waals surface area (Å²) in [5, 5.41) is 9.36. The van der Waals surface area contributed by atoms with Gasteiger partial charge in [0, 0.05) is 19.6 Å². The van der Waals surface area contributed by atoms with Crippen LogP contribution in [0.4, 0.5) is 0 Å². The third-order valence-electron chi connectivity index (χ3n) is 4.25. The lowest BCUT2D eigenvalue weighted by Crippen LogP contribution is -2.36. The van der Waals surface area contributed by atoms with Crippen LogP contribution < -0.4 is 0 Å². The summed E-state index contributed by atoms with van der Waals surface area (Å²) < 4.78 is 0. The molecule has 1 saturated heterocycles. The molecule has 1 aliphatic carbocycles. The van der Waals surface area contributed by atoms with Crippen molar-refractivity contribution < 1.29 is 9.90 Å². The van der Waals surface area contributed by atoms with Gasteiger partial charge in [-0.2, -0.15) is 0 Å².